The number of rotatable bonds is 7. The second kappa shape index (κ2) is 6.70. The summed E-state index contributed by atoms with van der Waals surface area (Å²) in [5.41, 5.74) is 1.28. The van der Waals surface area contributed by atoms with Gasteiger partial charge in [-0.3, -0.25) is 9.78 Å². The topological polar surface area (TPSA) is 50.2 Å². The number of benzene rings is 1. The fraction of sp³-hybridized carbons (Fsp3) is 0.444. The minimum absolute atomic E-state index is 0.549. The van der Waals surface area contributed by atoms with E-state index in [9.17, 15) is 9.90 Å². The molecule has 1 unspecified atom stereocenters. The number of fused-ring (bicyclic) bond motifs is 1. The highest BCUT2D eigenvalue weighted by Gasteiger charge is 2.36. The summed E-state index contributed by atoms with van der Waals surface area (Å²) in [6, 6.07) is 9.95. The molecule has 0 aliphatic carbocycles. The third-order valence-corrected chi connectivity index (χ3v) is 4.38. The standard InChI is InChI=1S/C18H23NO2/c1-3-5-11-18(4-2,17(20)21)13-15-9-6-8-14-10-7-12-19-16(14)15/h6-10,12H,3-5,11,13H2,1-2H3,(H,20,21). The summed E-state index contributed by atoms with van der Waals surface area (Å²) >= 11 is 0. The van der Waals surface area contributed by atoms with Crippen LogP contribution in [-0.2, 0) is 11.2 Å². The Labute approximate surface area is 126 Å². The first-order chi connectivity index (χ1) is 10.1. The molecule has 1 aromatic carbocycles. The van der Waals surface area contributed by atoms with Gasteiger partial charge in [-0.05, 0) is 30.9 Å². The molecule has 0 aliphatic rings. The molecule has 0 bridgehead atoms. The predicted octanol–water partition coefficient (Wildman–Crippen LogP) is 4.45. The van der Waals surface area contributed by atoms with E-state index in [0.717, 1.165) is 35.7 Å². The quantitative estimate of drug-likeness (QED) is 0.817. The summed E-state index contributed by atoms with van der Waals surface area (Å²) in [5.74, 6) is -0.689. The van der Waals surface area contributed by atoms with Crippen molar-refractivity contribution < 1.29 is 9.90 Å². The largest absolute Gasteiger partial charge is 0.481 e. The van der Waals surface area contributed by atoms with Gasteiger partial charge in [-0.25, -0.2) is 0 Å². The molecule has 1 N–H and O–H groups in total. The summed E-state index contributed by atoms with van der Waals surface area (Å²) in [6.45, 7) is 4.07. The molecular weight excluding hydrogens is 262 g/mol. The van der Waals surface area contributed by atoms with Crippen molar-refractivity contribution >= 4 is 16.9 Å². The lowest BCUT2D eigenvalue weighted by molar-refractivity contribution is -0.149. The van der Waals surface area contributed by atoms with E-state index in [-0.39, 0.29) is 0 Å². The van der Waals surface area contributed by atoms with Crippen molar-refractivity contribution in [2.75, 3.05) is 0 Å². The molecule has 1 atom stereocenters. The van der Waals surface area contributed by atoms with E-state index < -0.39 is 11.4 Å². The number of nitrogens with zero attached hydrogens (tertiary/aromatic N) is 1. The summed E-state index contributed by atoms with van der Waals surface area (Å²) in [4.78, 5) is 16.3. The highest BCUT2D eigenvalue weighted by atomic mass is 16.4. The first kappa shape index (κ1) is 15.5. The highest BCUT2D eigenvalue weighted by molar-refractivity contribution is 5.83. The maximum Gasteiger partial charge on any atom is 0.309 e. The van der Waals surface area contributed by atoms with Crippen molar-refractivity contribution in [1.82, 2.24) is 4.98 Å². The summed E-state index contributed by atoms with van der Waals surface area (Å²) in [6.07, 6.45) is 5.64. The molecule has 3 heteroatoms. The molecule has 0 radical (unpaired) electrons. The van der Waals surface area contributed by atoms with Gasteiger partial charge in [0.05, 0.1) is 10.9 Å². The molecule has 0 aliphatic heterocycles. The number of para-hydroxylation sites is 1. The number of aliphatic carboxylic acids is 1. The second-order valence-electron chi connectivity index (χ2n) is 5.71. The number of unbranched alkanes of at least 4 members (excludes halogenated alkanes) is 1. The van der Waals surface area contributed by atoms with Crippen LogP contribution in [0.5, 0.6) is 0 Å². The third-order valence-electron chi connectivity index (χ3n) is 4.38. The Kier molecular flexibility index (Phi) is 4.94. The molecule has 0 saturated heterocycles. The van der Waals surface area contributed by atoms with Crippen LogP contribution in [0.1, 0.15) is 45.1 Å². The van der Waals surface area contributed by atoms with E-state index in [1.807, 2.05) is 37.3 Å². The molecule has 1 heterocycles. The summed E-state index contributed by atoms with van der Waals surface area (Å²) in [5, 5.41) is 10.8. The van der Waals surface area contributed by atoms with Gasteiger partial charge in [0, 0.05) is 11.6 Å². The number of pyridine rings is 1. The molecule has 0 saturated carbocycles. The van der Waals surface area contributed by atoms with Gasteiger partial charge in [0.2, 0.25) is 0 Å². The Morgan fingerprint density at radius 1 is 1.24 bits per heavy atom. The lowest BCUT2D eigenvalue weighted by Crippen LogP contribution is -2.33. The predicted molar refractivity (Wildman–Crippen MR) is 85.3 cm³/mol. The number of hydrogen-bond donors (Lipinski definition) is 1. The van der Waals surface area contributed by atoms with E-state index in [1.165, 1.54) is 0 Å². The Balaban J connectivity index is 2.41. The van der Waals surface area contributed by atoms with Gasteiger partial charge in [-0.2, -0.15) is 0 Å². The molecule has 2 rings (SSSR count). The van der Waals surface area contributed by atoms with Gasteiger partial charge in [0.15, 0.2) is 0 Å². The molecule has 0 amide bonds. The summed E-state index contributed by atoms with van der Waals surface area (Å²) in [7, 11) is 0. The molecular formula is C18H23NO2. The molecule has 112 valence electrons. The van der Waals surface area contributed by atoms with Crippen molar-refractivity contribution in [3.05, 3.63) is 42.1 Å². The number of aromatic nitrogens is 1. The lowest BCUT2D eigenvalue weighted by Gasteiger charge is -2.28. The number of carboxylic acid groups (broad SMARTS) is 1. The Bertz CT molecular complexity index is 618. The van der Waals surface area contributed by atoms with Gasteiger partial charge >= 0.3 is 5.97 Å². The van der Waals surface area contributed by atoms with Crippen LogP contribution in [0.15, 0.2) is 36.5 Å². The third kappa shape index (κ3) is 3.23. The average Bonchev–Trinajstić information content (AvgIpc) is 2.51. The highest BCUT2D eigenvalue weighted by Crippen LogP contribution is 2.35. The Morgan fingerprint density at radius 3 is 2.67 bits per heavy atom. The van der Waals surface area contributed by atoms with Crippen LogP contribution in [0.4, 0.5) is 0 Å². The van der Waals surface area contributed by atoms with Crippen LogP contribution in [0, 0.1) is 5.41 Å². The van der Waals surface area contributed by atoms with Crippen LogP contribution in [0.25, 0.3) is 10.9 Å². The van der Waals surface area contributed by atoms with E-state index in [1.54, 1.807) is 6.20 Å². The van der Waals surface area contributed by atoms with Gasteiger partial charge in [0.1, 0.15) is 0 Å². The van der Waals surface area contributed by atoms with Crippen LogP contribution in [-0.4, -0.2) is 16.1 Å². The maximum absolute atomic E-state index is 11.9. The molecule has 1 aromatic heterocycles. The first-order valence-electron chi connectivity index (χ1n) is 7.69. The van der Waals surface area contributed by atoms with Gasteiger partial charge in [-0.1, -0.05) is 51.0 Å². The van der Waals surface area contributed by atoms with Crippen LogP contribution in [0.3, 0.4) is 0 Å². The van der Waals surface area contributed by atoms with Crippen LogP contribution >= 0.6 is 0 Å². The smallest absolute Gasteiger partial charge is 0.309 e. The number of carbonyl (C=O) groups is 1. The van der Waals surface area contributed by atoms with Crippen molar-refractivity contribution in [2.45, 2.75) is 46.0 Å². The number of hydrogen-bond acceptors (Lipinski definition) is 2. The molecule has 21 heavy (non-hydrogen) atoms. The zero-order valence-corrected chi connectivity index (χ0v) is 12.8. The van der Waals surface area contributed by atoms with Gasteiger partial charge in [0.25, 0.3) is 0 Å². The lowest BCUT2D eigenvalue weighted by atomic mass is 9.75. The second-order valence-corrected chi connectivity index (χ2v) is 5.71. The number of carboxylic acids is 1. The van der Waals surface area contributed by atoms with Crippen molar-refractivity contribution in [2.24, 2.45) is 5.41 Å². The molecule has 0 spiro atoms. The van der Waals surface area contributed by atoms with Crippen LogP contribution in [0.2, 0.25) is 0 Å². The first-order valence-corrected chi connectivity index (χ1v) is 7.69. The van der Waals surface area contributed by atoms with Crippen molar-refractivity contribution in [3.63, 3.8) is 0 Å². The monoisotopic (exact) mass is 285 g/mol. The Morgan fingerprint density at radius 2 is 2.00 bits per heavy atom. The van der Waals surface area contributed by atoms with Gasteiger partial charge < -0.3 is 5.11 Å². The maximum atomic E-state index is 11.9. The van der Waals surface area contributed by atoms with E-state index in [4.69, 9.17) is 0 Å². The van der Waals surface area contributed by atoms with E-state index in [0.29, 0.717) is 12.8 Å². The van der Waals surface area contributed by atoms with Crippen molar-refractivity contribution in [3.8, 4) is 0 Å². The SMILES string of the molecule is CCCCC(CC)(Cc1cccc2cccnc12)C(=O)O. The zero-order chi connectivity index (χ0) is 15.3. The molecule has 2 aromatic rings. The fourth-order valence-corrected chi connectivity index (χ4v) is 2.91. The minimum atomic E-state index is -0.689. The summed E-state index contributed by atoms with van der Waals surface area (Å²) < 4.78 is 0. The normalized spacial score (nSPS) is 14.0. The minimum Gasteiger partial charge on any atom is -0.481 e. The molecule has 0 fully saturated rings. The average molecular weight is 285 g/mol. The van der Waals surface area contributed by atoms with Gasteiger partial charge in [-0.15, -0.1) is 0 Å². The van der Waals surface area contributed by atoms with E-state index in [2.05, 4.69) is 11.9 Å². The fourth-order valence-electron chi connectivity index (χ4n) is 2.91. The Hall–Kier alpha value is -1.90. The van der Waals surface area contributed by atoms with Crippen LogP contribution < -0.4 is 0 Å². The van der Waals surface area contributed by atoms with E-state index >= 15 is 0 Å². The van der Waals surface area contributed by atoms with Crippen molar-refractivity contribution in [1.29, 1.82) is 0 Å². The molecule has 3 nitrogen and oxygen atoms in total. The zero-order valence-electron chi connectivity index (χ0n) is 12.8.